The molecule has 0 radical (unpaired) electrons. The number of hydrogen-bond donors (Lipinski definition) is 3. The number of benzene rings is 2. The summed E-state index contributed by atoms with van der Waals surface area (Å²) in [4.78, 5) is 14.5. The highest BCUT2D eigenvalue weighted by molar-refractivity contribution is 7.99. The number of hydrogen-bond acceptors (Lipinski definition) is 9. The molecule has 1 aromatic heterocycles. The molecule has 0 fully saturated rings. The third-order valence-electron chi connectivity index (χ3n) is 4.78. The zero-order chi connectivity index (χ0) is 23.6. The quantitative estimate of drug-likeness (QED) is 0.170. The Kier molecular flexibility index (Phi) is 8.53. The Hall–Kier alpha value is -3.73. The van der Waals surface area contributed by atoms with Gasteiger partial charge in [0.25, 0.3) is 5.95 Å². The van der Waals surface area contributed by atoms with Crippen molar-refractivity contribution < 1.29 is 9.53 Å². The van der Waals surface area contributed by atoms with Crippen LogP contribution < -0.4 is 26.2 Å². The van der Waals surface area contributed by atoms with Gasteiger partial charge in [-0.15, -0.1) is 10.2 Å². The summed E-state index contributed by atoms with van der Waals surface area (Å²) in [5.41, 5.74) is 5.48. The largest absolute Gasteiger partial charge is 0.495 e. The first-order valence-corrected chi connectivity index (χ1v) is 11.4. The number of ether oxygens (including phenoxy) is 1. The van der Waals surface area contributed by atoms with Crippen LogP contribution in [0.1, 0.15) is 19.4 Å². The van der Waals surface area contributed by atoms with Crippen molar-refractivity contribution in [3.63, 3.8) is 0 Å². The minimum absolute atomic E-state index is 0.107. The Morgan fingerprint density at radius 1 is 1.18 bits per heavy atom. The molecule has 0 unspecified atom stereocenters. The number of carbonyl (C=O) groups is 1. The molecule has 2 aromatic carbocycles. The lowest BCUT2D eigenvalue weighted by atomic mass is 10.2. The fourth-order valence-electron chi connectivity index (χ4n) is 3.04. The Morgan fingerprint density at radius 3 is 2.61 bits per heavy atom. The van der Waals surface area contributed by atoms with E-state index in [-0.39, 0.29) is 17.6 Å². The number of hydrazone groups is 1. The SMILES string of the molecule is CCN(CC)c1ccc(/C=N/Nc2nnc(SCC(=O)Nc3ccccc3OC)n2N)cc1. The molecule has 0 spiro atoms. The third kappa shape index (κ3) is 6.39. The molecular formula is C22H28N8O2S. The van der Waals surface area contributed by atoms with Crippen LogP contribution in [0.4, 0.5) is 17.3 Å². The second-order valence-electron chi connectivity index (χ2n) is 6.85. The molecule has 10 nitrogen and oxygen atoms in total. The Balaban J connectivity index is 1.52. The van der Waals surface area contributed by atoms with Crippen LogP contribution in [0.25, 0.3) is 0 Å². The summed E-state index contributed by atoms with van der Waals surface area (Å²) in [6.45, 7) is 6.18. The molecule has 174 valence electrons. The minimum atomic E-state index is -0.215. The van der Waals surface area contributed by atoms with Crippen molar-refractivity contribution in [3.05, 3.63) is 54.1 Å². The van der Waals surface area contributed by atoms with Crippen molar-refractivity contribution >= 4 is 41.2 Å². The zero-order valence-corrected chi connectivity index (χ0v) is 19.7. The first-order chi connectivity index (χ1) is 16.0. The van der Waals surface area contributed by atoms with Crippen molar-refractivity contribution in [1.29, 1.82) is 0 Å². The van der Waals surface area contributed by atoms with Gasteiger partial charge in [0, 0.05) is 18.8 Å². The fraction of sp³-hybridized carbons (Fsp3) is 0.273. The number of para-hydroxylation sites is 2. The molecule has 1 heterocycles. The topological polar surface area (TPSA) is 123 Å². The second kappa shape index (κ2) is 11.8. The van der Waals surface area contributed by atoms with Gasteiger partial charge in [0.05, 0.1) is 24.8 Å². The molecule has 0 aliphatic rings. The van der Waals surface area contributed by atoms with E-state index in [0.717, 1.165) is 30.4 Å². The van der Waals surface area contributed by atoms with Gasteiger partial charge < -0.3 is 20.8 Å². The standard InChI is InChI=1S/C22H28N8O2S/c1-4-29(5-2)17-12-10-16(11-13-17)14-24-26-21-27-28-22(30(21)23)33-15-20(31)25-18-8-6-7-9-19(18)32-3/h6-14H,4-5,15,23H2,1-3H3,(H,25,31)(H,26,27)/b24-14+. The van der Waals surface area contributed by atoms with Crippen LogP contribution >= 0.6 is 11.8 Å². The van der Waals surface area contributed by atoms with Crippen molar-refractivity contribution in [2.24, 2.45) is 5.10 Å². The number of amides is 1. The van der Waals surface area contributed by atoms with E-state index in [2.05, 4.69) is 56.9 Å². The summed E-state index contributed by atoms with van der Waals surface area (Å²) in [5.74, 6) is 6.77. The summed E-state index contributed by atoms with van der Waals surface area (Å²) < 4.78 is 6.49. The molecule has 1 amide bonds. The highest BCUT2D eigenvalue weighted by atomic mass is 32.2. The lowest BCUT2D eigenvalue weighted by Gasteiger charge is -2.20. The van der Waals surface area contributed by atoms with Gasteiger partial charge in [-0.05, 0) is 43.7 Å². The van der Waals surface area contributed by atoms with Gasteiger partial charge in [0.1, 0.15) is 5.75 Å². The van der Waals surface area contributed by atoms with Crippen LogP contribution in [0.5, 0.6) is 5.75 Å². The van der Waals surface area contributed by atoms with Gasteiger partial charge in [-0.25, -0.2) is 10.1 Å². The first-order valence-electron chi connectivity index (χ1n) is 10.5. The normalized spacial score (nSPS) is 10.9. The molecular weight excluding hydrogens is 440 g/mol. The van der Waals surface area contributed by atoms with Gasteiger partial charge in [-0.3, -0.25) is 4.79 Å². The van der Waals surface area contributed by atoms with Crippen LogP contribution in [0.15, 0.2) is 58.8 Å². The van der Waals surface area contributed by atoms with Crippen molar-refractivity contribution in [1.82, 2.24) is 14.9 Å². The van der Waals surface area contributed by atoms with E-state index >= 15 is 0 Å². The lowest BCUT2D eigenvalue weighted by Crippen LogP contribution is -2.21. The maximum Gasteiger partial charge on any atom is 0.264 e. The number of thioether (sulfide) groups is 1. The second-order valence-corrected chi connectivity index (χ2v) is 7.79. The maximum absolute atomic E-state index is 12.3. The Bertz CT molecular complexity index is 1080. The fourth-order valence-corrected chi connectivity index (χ4v) is 3.70. The van der Waals surface area contributed by atoms with E-state index in [1.165, 1.54) is 10.4 Å². The number of rotatable bonds is 11. The number of methoxy groups -OCH3 is 1. The van der Waals surface area contributed by atoms with Gasteiger partial charge in [-0.1, -0.05) is 36.0 Å². The number of anilines is 3. The molecule has 0 aliphatic heterocycles. The molecule has 3 aromatic rings. The van der Waals surface area contributed by atoms with E-state index in [1.54, 1.807) is 25.5 Å². The van der Waals surface area contributed by atoms with Crippen LogP contribution in [-0.2, 0) is 4.79 Å². The van der Waals surface area contributed by atoms with Gasteiger partial charge in [0.2, 0.25) is 11.1 Å². The number of nitrogens with zero attached hydrogens (tertiary/aromatic N) is 5. The molecule has 4 N–H and O–H groups in total. The van der Waals surface area contributed by atoms with Gasteiger partial charge in [0.15, 0.2) is 0 Å². The summed E-state index contributed by atoms with van der Waals surface area (Å²) in [6, 6.07) is 15.3. The average Bonchev–Trinajstić information content (AvgIpc) is 3.19. The first kappa shape index (κ1) is 23.9. The van der Waals surface area contributed by atoms with Crippen LogP contribution in [0.3, 0.4) is 0 Å². The van der Waals surface area contributed by atoms with E-state index in [1.807, 2.05) is 24.3 Å². The number of nitrogens with one attached hydrogen (secondary N) is 2. The zero-order valence-electron chi connectivity index (χ0n) is 18.9. The van der Waals surface area contributed by atoms with Crippen LogP contribution in [-0.4, -0.2) is 52.9 Å². The van der Waals surface area contributed by atoms with Crippen LogP contribution in [0, 0.1) is 0 Å². The molecule has 33 heavy (non-hydrogen) atoms. The Morgan fingerprint density at radius 2 is 1.91 bits per heavy atom. The molecule has 0 atom stereocenters. The number of carbonyl (C=O) groups excluding carboxylic acids is 1. The van der Waals surface area contributed by atoms with E-state index < -0.39 is 0 Å². The maximum atomic E-state index is 12.3. The predicted octanol–water partition coefficient (Wildman–Crippen LogP) is 3.02. The Labute approximate surface area is 197 Å². The number of nitrogen functional groups attached to an aromatic ring is 1. The summed E-state index contributed by atoms with van der Waals surface area (Å²) in [7, 11) is 1.55. The summed E-state index contributed by atoms with van der Waals surface area (Å²) in [6.07, 6.45) is 1.67. The van der Waals surface area contributed by atoms with Gasteiger partial charge in [-0.2, -0.15) is 5.10 Å². The predicted molar refractivity (Wildman–Crippen MR) is 134 cm³/mol. The van der Waals surface area contributed by atoms with Crippen molar-refractivity contribution in [3.8, 4) is 5.75 Å². The van der Waals surface area contributed by atoms with E-state index in [9.17, 15) is 4.79 Å². The summed E-state index contributed by atoms with van der Waals surface area (Å²) in [5, 5.41) is 15.3. The molecule has 11 heteroatoms. The molecule has 0 aliphatic carbocycles. The van der Waals surface area contributed by atoms with Crippen molar-refractivity contribution in [2.45, 2.75) is 19.0 Å². The summed E-state index contributed by atoms with van der Waals surface area (Å²) >= 11 is 1.16. The average molecular weight is 469 g/mol. The van der Waals surface area contributed by atoms with E-state index in [0.29, 0.717) is 16.6 Å². The smallest absolute Gasteiger partial charge is 0.264 e. The number of aromatic nitrogens is 3. The molecule has 0 saturated carbocycles. The van der Waals surface area contributed by atoms with Crippen LogP contribution in [0.2, 0.25) is 0 Å². The molecule has 3 rings (SSSR count). The highest BCUT2D eigenvalue weighted by Crippen LogP contribution is 2.24. The van der Waals surface area contributed by atoms with Crippen molar-refractivity contribution in [2.75, 3.05) is 47.4 Å². The number of nitrogens with two attached hydrogens (primary N) is 1. The van der Waals surface area contributed by atoms with E-state index in [4.69, 9.17) is 10.6 Å². The monoisotopic (exact) mass is 468 g/mol. The lowest BCUT2D eigenvalue weighted by molar-refractivity contribution is -0.113. The molecule has 0 saturated heterocycles. The third-order valence-corrected chi connectivity index (χ3v) is 5.72. The minimum Gasteiger partial charge on any atom is -0.495 e. The van der Waals surface area contributed by atoms with Gasteiger partial charge >= 0.3 is 0 Å². The highest BCUT2D eigenvalue weighted by Gasteiger charge is 2.13. The molecule has 0 bridgehead atoms.